The Morgan fingerprint density at radius 3 is 2.33 bits per heavy atom. The lowest BCUT2D eigenvalue weighted by atomic mass is 10.1. The summed E-state index contributed by atoms with van der Waals surface area (Å²) in [5, 5.41) is 21.6. The minimum Gasteiger partial charge on any atom is -0.831 e. The summed E-state index contributed by atoms with van der Waals surface area (Å²) < 4.78 is 1.61. The number of hydrogen-bond acceptors (Lipinski definition) is 6. The molecule has 0 fully saturated rings. The smallest absolute Gasteiger partial charge is 0.348 e. The van der Waals surface area contributed by atoms with E-state index in [0.29, 0.717) is 18.5 Å². The third-order valence-corrected chi connectivity index (χ3v) is 4.18. The second-order valence-corrected chi connectivity index (χ2v) is 5.99. The van der Waals surface area contributed by atoms with E-state index < -0.39 is 10.1 Å². The zero-order chi connectivity index (χ0) is 17.1. The molecule has 3 rings (SSSR count). The largest absolute Gasteiger partial charge is 0.831 e. The van der Waals surface area contributed by atoms with Gasteiger partial charge >= 0.3 is 5.82 Å². The van der Waals surface area contributed by atoms with Gasteiger partial charge in [-0.2, -0.15) is 0 Å². The maximum atomic E-state index is 11.3. The van der Waals surface area contributed by atoms with Crippen molar-refractivity contribution in [1.82, 2.24) is 4.98 Å². The molecule has 0 N–H and O–H groups in total. The fraction of sp³-hybridized carbons (Fsp3) is 0.0625. The number of rotatable bonds is 5. The molecule has 24 heavy (non-hydrogen) atoms. The number of aromatic nitrogens is 2. The van der Waals surface area contributed by atoms with Gasteiger partial charge in [-0.15, -0.1) is 0 Å². The van der Waals surface area contributed by atoms with E-state index in [0.717, 1.165) is 22.5 Å². The summed E-state index contributed by atoms with van der Waals surface area (Å²) in [7, 11) is 0. The second kappa shape index (κ2) is 6.55. The highest BCUT2D eigenvalue weighted by Crippen LogP contribution is 2.20. The number of non-ortho nitro benzene ring substituents is 1. The first kappa shape index (κ1) is 15.8. The predicted octanol–water partition coefficient (Wildman–Crippen LogP) is 1.80. The Bertz CT molecular complexity index is 889. The van der Waals surface area contributed by atoms with Gasteiger partial charge in [0.15, 0.2) is 16.4 Å². The van der Waals surface area contributed by atoms with Crippen molar-refractivity contribution in [2.45, 2.75) is 6.42 Å². The molecule has 8 heteroatoms. The molecule has 7 nitrogen and oxygen atoms in total. The van der Waals surface area contributed by atoms with E-state index in [-0.39, 0.29) is 10.6 Å². The molecule has 0 aliphatic carbocycles. The van der Waals surface area contributed by atoms with Gasteiger partial charge in [-0.05, 0) is 34.7 Å². The van der Waals surface area contributed by atoms with Crippen LogP contribution in [-0.2, 0) is 6.42 Å². The van der Waals surface area contributed by atoms with Crippen molar-refractivity contribution in [2.24, 2.45) is 0 Å². The summed E-state index contributed by atoms with van der Waals surface area (Å²) in [5.41, 5.74) is 2.00. The topological polar surface area (TPSA) is 100 Å². The third kappa shape index (κ3) is 3.28. The van der Waals surface area contributed by atoms with E-state index in [4.69, 9.17) is 0 Å². The van der Waals surface area contributed by atoms with E-state index >= 15 is 0 Å². The van der Waals surface area contributed by atoms with Crippen LogP contribution < -0.4 is 9.67 Å². The second-order valence-electron chi connectivity index (χ2n) is 5.00. The highest BCUT2D eigenvalue weighted by atomic mass is 32.1. The number of benzene rings is 1. The van der Waals surface area contributed by atoms with Crippen molar-refractivity contribution >= 4 is 23.3 Å². The van der Waals surface area contributed by atoms with Gasteiger partial charge in [-0.1, -0.05) is 23.5 Å². The molecule has 120 valence electrons. The Morgan fingerprint density at radius 2 is 1.75 bits per heavy atom. The highest BCUT2D eigenvalue weighted by Gasteiger charge is 2.17. The molecule has 1 aromatic carbocycles. The van der Waals surface area contributed by atoms with Crippen molar-refractivity contribution < 1.29 is 19.4 Å². The Kier molecular flexibility index (Phi) is 4.30. The Labute approximate surface area is 140 Å². The van der Waals surface area contributed by atoms with Crippen LogP contribution in [0.4, 0.5) is 5.69 Å². The lowest BCUT2D eigenvalue weighted by Crippen LogP contribution is -2.31. The van der Waals surface area contributed by atoms with Crippen LogP contribution in [0.3, 0.4) is 0 Å². The standard InChI is InChI=1S/C16H11N3O4S/c20-10-14-15(17-16(21)24-14)18-7-5-12(6-8-18)9-11-1-3-13(4-2-11)19(22)23/h1-8,10H,9H2. The van der Waals surface area contributed by atoms with Crippen LogP contribution in [0.15, 0.2) is 48.8 Å². The van der Waals surface area contributed by atoms with Crippen LogP contribution >= 0.6 is 11.3 Å². The van der Waals surface area contributed by atoms with E-state index in [2.05, 4.69) is 4.98 Å². The number of aldehydes is 1. The first-order chi connectivity index (χ1) is 11.6. The summed E-state index contributed by atoms with van der Waals surface area (Å²) in [6.45, 7) is 0. The van der Waals surface area contributed by atoms with Crippen LogP contribution in [0.2, 0.25) is 0 Å². The normalized spacial score (nSPS) is 10.5. The van der Waals surface area contributed by atoms with Crippen molar-refractivity contribution in [3.8, 4) is 11.0 Å². The highest BCUT2D eigenvalue weighted by molar-refractivity contribution is 7.15. The molecule has 0 atom stereocenters. The lowest BCUT2D eigenvalue weighted by molar-refractivity contribution is -0.599. The molecule has 0 saturated carbocycles. The predicted molar refractivity (Wildman–Crippen MR) is 84.4 cm³/mol. The van der Waals surface area contributed by atoms with Gasteiger partial charge in [-0.3, -0.25) is 14.9 Å². The van der Waals surface area contributed by atoms with Crippen LogP contribution in [-0.4, -0.2) is 16.2 Å². The summed E-state index contributed by atoms with van der Waals surface area (Å²) in [5.74, 6) is 0.321. The van der Waals surface area contributed by atoms with E-state index in [1.54, 1.807) is 29.1 Å². The van der Waals surface area contributed by atoms with E-state index in [1.165, 1.54) is 12.1 Å². The number of thiazole rings is 1. The number of carbonyl (C=O) groups is 1. The number of pyridine rings is 1. The molecule has 2 heterocycles. The van der Waals surface area contributed by atoms with Crippen molar-refractivity contribution in [3.05, 3.63) is 74.9 Å². The van der Waals surface area contributed by atoms with Gasteiger partial charge in [0.1, 0.15) is 0 Å². The third-order valence-electron chi connectivity index (χ3n) is 3.42. The lowest BCUT2D eigenvalue weighted by Gasteiger charge is -2.02. The number of nitrogens with zero attached hydrogens (tertiary/aromatic N) is 3. The average Bonchev–Trinajstić information content (AvgIpc) is 2.97. The van der Waals surface area contributed by atoms with Crippen molar-refractivity contribution in [1.29, 1.82) is 0 Å². The van der Waals surface area contributed by atoms with Crippen LogP contribution in [0.1, 0.15) is 20.8 Å². The molecule has 0 saturated heterocycles. The van der Waals surface area contributed by atoms with Gasteiger partial charge in [0.25, 0.3) is 5.69 Å². The zero-order valence-corrected chi connectivity index (χ0v) is 13.1. The first-order valence-corrected chi connectivity index (χ1v) is 7.75. The Balaban J connectivity index is 1.79. The molecular weight excluding hydrogens is 330 g/mol. The SMILES string of the molecule is O=Cc1sc([O-])nc1-[n+]1ccc(Cc2ccc([N+](=O)[O-])cc2)cc1. The fourth-order valence-electron chi connectivity index (χ4n) is 2.25. The van der Waals surface area contributed by atoms with E-state index in [9.17, 15) is 20.0 Å². The monoisotopic (exact) mass is 341 g/mol. The first-order valence-electron chi connectivity index (χ1n) is 6.94. The minimum atomic E-state index is -0.433. The summed E-state index contributed by atoms with van der Waals surface area (Å²) in [6, 6.07) is 10.1. The van der Waals surface area contributed by atoms with Gasteiger partial charge < -0.3 is 5.11 Å². The molecule has 0 unspecified atom stereocenters. The molecular formula is C16H11N3O4S. The number of nitro groups is 1. The van der Waals surface area contributed by atoms with Crippen LogP contribution in [0, 0.1) is 10.1 Å². The quantitative estimate of drug-likeness (QED) is 0.305. The Morgan fingerprint density at radius 1 is 1.12 bits per heavy atom. The van der Waals surface area contributed by atoms with Crippen molar-refractivity contribution in [3.63, 3.8) is 0 Å². The number of carbonyl (C=O) groups excluding carboxylic acids is 1. The molecule has 2 aromatic heterocycles. The molecule has 0 amide bonds. The molecule has 0 spiro atoms. The maximum absolute atomic E-state index is 11.3. The fourth-order valence-corrected chi connectivity index (χ4v) is 2.86. The summed E-state index contributed by atoms with van der Waals surface area (Å²) in [6.07, 6.45) is 4.68. The van der Waals surface area contributed by atoms with Crippen molar-refractivity contribution in [2.75, 3.05) is 0 Å². The number of nitro benzene ring substituents is 1. The molecule has 0 radical (unpaired) electrons. The van der Waals surface area contributed by atoms with Gasteiger partial charge in [0.05, 0.1) is 17.3 Å². The maximum Gasteiger partial charge on any atom is 0.348 e. The van der Waals surface area contributed by atoms with Crippen LogP contribution in [0.25, 0.3) is 5.82 Å². The van der Waals surface area contributed by atoms with Gasteiger partial charge in [0, 0.05) is 12.1 Å². The zero-order valence-electron chi connectivity index (χ0n) is 12.3. The van der Waals surface area contributed by atoms with Crippen LogP contribution in [0.5, 0.6) is 5.19 Å². The summed E-state index contributed by atoms with van der Waals surface area (Å²) >= 11 is 0.809. The molecule has 3 aromatic rings. The molecule has 0 aliphatic rings. The number of hydrogen-bond donors (Lipinski definition) is 0. The minimum absolute atomic E-state index is 0.0583. The molecule has 0 aliphatic heterocycles. The Hall–Kier alpha value is -3.13. The molecule has 0 bridgehead atoms. The average molecular weight is 341 g/mol. The van der Waals surface area contributed by atoms with E-state index in [1.807, 2.05) is 12.1 Å². The van der Waals surface area contributed by atoms with Gasteiger partial charge in [0.2, 0.25) is 0 Å². The summed E-state index contributed by atoms with van der Waals surface area (Å²) in [4.78, 5) is 25.3. The van der Waals surface area contributed by atoms with Gasteiger partial charge in [-0.25, -0.2) is 4.57 Å².